The highest BCUT2D eigenvalue weighted by atomic mass is 16.5. The molecular formula is C84H72N6O6. The first kappa shape index (κ1) is 62.4. The topological polar surface area (TPSA) is 85.8 Å². The molecule has 12 nitrogen and oxygen atoms in total. The highest BCUT2D eigenvalue weighted by molar-refractivity contribution is 5.91. The molecule has 0 saturated carbocycles. The lowest BCUT2D eigenvalue weighted by Crippen LogP contribution is -2.17. The van der Waals surface area contributed by atoms with Crippen molar-refractivity contribution in [2.75, 3.05) is 64.9 Å². The molecule has 0 bridgehead atoms. The molecule has 0 spiro atoms. The van der Waals surface area contributed by atoms with Crippen molar-refractivity contribution in [2.45, 2.75) is 6.61 Å². The SMILES string of the molecule is COc1ccc(N(c2ccccc2)c2ccc(N(c3ccc(CO)cc3)c3cc(N(c4ccc(OC)cc4)c4ccc(N(c5ccccc5)c5ccc(OC)cc5)cc4)cc(N(c4ccc(OC)cc4)c4ccc(N(c5ccccc5)c5ccc(OC)cc5)cc4)c3)cc2)cc1. The summed E-state index contributed by atoms with van der Waals surface area (Å²) in [7, 11) is 8.43. The number of aliphatic hydroxyl groups is 1. The van der Waals surface area contributed by atoms with Crippen molar-refractivity contribution in [3.8, 4) is 28.7 Å². The Morgan fingerprint density at radius 3 is 0.500 bits per heavy atom. The van der Waals surface area contributed by atoms with Gasteiger partial charge in [-0.2, -0.15) is 0 Å². The van der Waals surface area contributed by atoms with Crippen LogP contribution in [0.1, 0.15) is 5.56 Å². The molecule has 0 heterocycles. The average molecular weight is 1260 g/mol. The first-order valence-corrected chi connectivity index (χ1v) is 31.6. The van der Waals surface area contributed by atoms with Crippen molar-refractivity contribution >= 4 is 102 Å². The molecule has 0 amide bonds. The highest BCUT2D eigenvalue weighted by Crippen LogP contribution is 2.49. The predicted molar refractivity (Wildman–Crippen MR) is 393 cm³/mol. The van der Waals surface area contributed by atoms with Gasteiger partial charge in [-0.1, -0.05) is 66.7 Å². The van der Waals surface area contributed by atoms with Crippen LogP contribution in [0, 0.1) is 0 Å². The van der Waals surface area contributed by atoms with Crippen LogP contribution in [0.5, 0.6) is 28.7 Å². The zero-order chi connectivity index (χ0) is 65.7. The van der Waals surface area contributed by atoms with Crippen LogP contribution in [-0.2, 0) is 6.61 Å². The van der Waals surface area contributed by atoms with Crippen LogP contribution in [0.2, 0.25) is 0 Å². The Hall–Kier alpha value is -12.4. The van der Waals surface area contributed by atoms with Gasteiger partial charge in [0.05, 0.1) is 59.2 Å². The van der Waals surface area contributed by atoms with E-state index >= 15 is 0 Å². The minimum Gasteiger partial charge on any atom is -0.497 e. The van der Waals surface area contributed by atoms with E-state index in [1.54, 1.807) is 35.5 Å². The standard InChI is InChI=1S/C84H72N6O6/c1-92-80-47-37-72(38-48-80)85(62-15-9-6-10-16-62)66-25-31-69(32-26-66)88(65-23-21-61(60-91)22-24-65)77-57-78(89(75-43-53-83(95-4)54-44-75)70-33-27-67(28-34-70)86(63-17-11-7-12-18-63)73-39-49-81(93-2)50-40-73)59-79(58-77)90(76-45-55-84(96-5)56-46-76)71-35-29-68(30-36-71)87(64-19-13-8-14-20-64)74-41-51-82(94-3)52-42-74/h6-59,91H,60H2,1-5H3. The first-order chi connectivity index (χ1) is 47.3. The molecular weight excluding hydrogens is 1190 g/mol. The summed E-state index contributed by atoms with van der Waals surface area (Å²) in [6.07, 6.45) is 0. The molecule has 0 aromatic heterocycles. The summed E-state index contributed by atoms with van der Waals surface area (Å²) in [5.41, 5.74) is 17.5. The monoisotopic (exact) mass is 1260 g/mol. The summed E-state index contributed by atoms with van der Waals surface area (Å²) in [5, 5.41) is 10.5. The van der Waals surface area contributed by atoms with Gasteiger partial charge in [0.1, 0.15) is 28.7 Å². The fourth-order valence-corrected chi connectivity index (χ4v) is 12.0. The van der Waals surface area contributed by atoms with Gasteiger partial charge in [-0.25, -0.2) is 0 Å². The lowest BCUT2D eigenvalue weighted by Gasteiger charge is -2.33. The predicted octanol–water partition coefficient (Wildman–Crippen LogP) is 22.0. The van der Waals surface area contributed by atoms with Crippen LogP contribution >= 0.6 is 0 Å². The van der Waals surface area contributed by atoms with E-state index in [0.29, 0.717) is 0 Å². The number of ether oxygens (including phenoxy) is 5. The molecule has 13 aromatic rings. The number of hydrogen-bond donors (Lipinski definition) is 1. The molecule has 0 unspecified atom stereocenters. The Morgan fingerprint density at radius 1 is 0.188 bits per heavy atom. The van der Waals surface area contributed by atoms with Gasteiger partial charge >= 0.3 is 0 Å². The quantitative estimate of drug-likeness (QED) is 0.0625. The van der Waals surface area contributed by atoms with E-state index in [1.807, 2.05) is 91.0 Å². The second-order valence-corrected chi connectivity index (χ2v) is 22.6. The van der Waals surface area contributed by atoms with Crippen molar-refractivity contribution in [1.29, 1.82) is 0 Å². The van der Waals surface area contributed by atoms with Gasteiger partial charge in [0, 0.05) is 85.3 Å². The summed E-state index contributed by atoms with van der Waals surface area (Å²) >= 11 is 0. The molecule has 96 heavy (non-hydrogen) atoms. The number of para-hydroxylation sites is 3. The summed E-state index contributed by atoms with van der Waals surface area (Å²) in [6, 6.07) is 113. The lowest BCUT2D eigenvalue weighted by molar-refractivity contribution is 0.282. The minimum absolute atomic E-state index is 0.104. The Balaban J connectivity index is 1.03. The Bertz CT molecular complexity index is 4120. The number of aliphatic hydroxyl groups excluding tert-OH is 1. The molecule has 0 atom stereocenters. The molecule has 0 aliphatic carbocycles. The molecule has 0 fully saturated rings. The molecule has 13 aromatic carbocycles. The number of methoxy groups -OCH3 is 5. The van der Waals surface area contributed by atoms with Crippen LogP contribution in [-0.4, -0.2) is 40.7 Å². The summed E-state index contributed by atoms with van der Waals surface area (Å²) in [5.74, 6) is 3.78. The summed E-state index contributed by atoms with van der Waals surface area (Å²) in [4.78, 5) is 13.6. The Morgan fingerprint density at radius 2 is 0.333 bits per heavy atom. The van der Waals surface area contributed by atoms with Gasteiger partial charge in [-0.05, 0) is 266 Å². The van der Waals surface area contributed by atoms with E-state index in [-0.39, 0.29) is 6.61 Å². The number of hydrogen-bond acceptors (Lipinski definition) is 12. The van der Waals surface area contributed by atoms with Crippen LogP contribution in [0.25, 0.3) is 0 Å². The van der Waals surface area contributed by atoms with Gasteiger partial charge in [0.2, 0.25) is 0 Å². The van der Waals surface area contributed by atoms with Crippen LogP contribution in [0.15, 0.2) is 328 Å². The van der Waals surface area contributed by atoms with Crippen molar-refractivity contribution in [3.63, 3.8) is 0 Å². The molecule has 0 saturated heterocycles. The van der Waals surface area contributed by atoms with Crippen LogP contribution < -0.4 is 53.1 Å². The maximum Gasteiger partial charge on any atom is 0.119 e. The van der Waals surface area contributed by atoms with Gasteiger partial charge < -0.3 is 58.2 Å². The van der Waals surface area contributed by atoms with Gasteiger partial charge in [0.15, 0.2) is 0 Å². The Kier molecular flexibility index (Phi) is 18.9. The molecule has 12 heteroatoms. The fraction of sp³-hybridized carbons (Fsp3) is 0.0714. The molecule has 1 N–H and O–H groups in total. The van der Waals surface area contributed by atoms with Crippen LogP contribution in [0.4, 0.5) is 102 Å². The van der Waals surface area contributed by atoms with E-state index < -0.39 is 0 Å². The second kappa shape index (κ2) is 29.1. The lowest BCUT2D eigenvalue weighted by atomic mass is 10.1. The van der Waals surface area contributed by atoms with Crippen molar-refractivity contribution < 1.29 is 28.8 Å². The van der Waals surface area contributed by atoms with E-state index in [0.717, 1.165) is 137 Å². The first-order valence-electron chi connectivity index (χ1n) is 31.6. The Labute approximate surface area is 561 Å². The maximum atomic E-state index is 10.5. The summed E-state index contributed by atoms with van der Waals surface area (Å²) in [6.45, 7) is -0.104. The highest BCUT2D eigenvalue weighted by Gasteiger charge is 2.25. The van der Waals surface area contributed by atoms with E-state index in [9.17, 15) is 5.11 Å². The van der Waals surface area contributed by atoms with E-state index in [4.69, 9.17) is 23.7 Å². The second-order valence-electron chi connectivity index (χ2n) is 22.6. The number of rotatable bonds is 24. The number of benzene rings is 13. The fourth-order valence-electron chi connectivity index (χ4n) is 12.0. The van der Waals surface area contributed by atoms with Crippen molar-refractivity contribution in [3.05, 3.63) is 333 Å². The number of anilines is 18. The van der Waals surface area contributed by atoms with E-state index in [1.165, 1.54) is 0 Å². The molecule has 13 rings (SSSR count). The van der Waals surface area contributed by atoms with Gasteiger partial charge in [0.25, 0.3) is 0 Å². The van der Waals surface area contributed by atoms with E-state index in [2.05, 4.69) is 266 Å². The van der Waals surface area contributed by atoms with Gasteiger partial charge in [-0.15, -0.1) is 0 Å². The van der Waals surface area contributed by atoms with Crippen LogP contribution in [0.3, 0.4) is 0 Å². The normalized spacial score (nSPS) is 10.9. The minimum atomic E-state index is -0.104. The zero-order valence-corrected chi connectivity index (χ0v) is 54.1. The third-order valence-electron chi connectivity index (χ3n) is 16.8. The third-order valence-corrected chi connectivity index (χ3v) is 16.8. The smallest absolute Gasteiger partial charge is 0.119 e. The molecule has 0 radical (unpaired) electrons. The number of nitrogens with zero attached hydrogens (tertiary/aromatic N) is 6. The molecule has 474 valence electrons. The maximum absolute atomic E-state index is 10.5. The largest absolute Gasteiger partial charge is 0.497 e. The zero-order valence-electron chi connectivity index (χ0n) is 54.1. The molecule has 0 aliphatic heterocycles. The summed E-state index contributed by atoms with van der Waals surface area (Å²) < 4.78 is 28.4. The van der Waals surface area contributed by atoms with Crippen molar-refractivity contribution in [1.82, 2.24) is 0 Å². The third kappa shape index (κ3) is 13.6. The van der Waals surface area contributed by atoms with Crippen molar-refractivity contribution in [2.24, 2.45) is 0 Å². The molecule has 0 aliphatic rings. The van der Waals surface area contributed by atoms with Gasteiger partial charge in [-0.3, -0.25) is 0 Å². The average Bonchev–Trinajstić information content (AvgIpc) is 0.831.